The zero-order valence-corrected chi connectivity index (χ0v) is 18.9. The van der Waals surface area contributed by atoms with E-state index in [1.165, 1.54) is 40.4 Å². The molecule has 3 aliphatic rings. The average Bonchev–Trinajstić information content (AvgIpc) is 3.60. The van der Waals surface area contributed by atoms with E-state index in [2.05, 4.69) is 5.32 Å². The first-order chi connectivity index (χ1) is 15.0. The van der Waals surface area contributed by atoms with Crippen molar-refractivity contribution in [2.24, 2.45) is 5.92 Å². The Kier molecular flexibility index (Phi) is 5.58. The maximum absolute atomic E-state index is 12.9. The molecule has 0 spiro atoms. The molecule has 2 aliphatic heterocycles. The first-order valence-corrected chi connectivity index (χ1v) is 12.0. The van der Waals surface area contributed by atoms with E-state index in [1.807, 2.05) is 0 Å². The molecular weight excluding hydrogens is 436 g/mol. The van der Waals surface area contributed by atoms with Crippen molar-refractivity contribution in [1.82, 2.24) is 19.4 Å². The number of rotatable bonds is 6. The van der Waals surface area contributed by atoms with Crippen molar-refractivity contribution < 1.29 is 27.6 Å². The Morgan fingerprint density at radius 3 is 2.19 bits per heavy atom. The van der Waals surface area contributed by atoms with E-state index in [4.69, 9.17) is 0 Å². The number of Topliss-reactive ketones (excluding diaryl/α,β-unsaturated/α-hetero) is 1. The summed E-state index contributed by atoms with van der Waals surface area (Å²) < 4.78 is 27.1. The summed E-state index contributed by atoms with van der Waals surface area (Å²) in [5.74, 6) is -0.814. The van der Waals surface area contributed by atoms with E-state index >= 15 is 0 Å². The largest absolute Gasteiger partial charge is 0.338 e. The number of piperazine rings is 1. The molecule has 10 nitrogen and oxygen atoms in total. The van der Waals surface area contributed by atoms with E-state index in [0.29, 0.717) is 5.56 Å². The van der Waals surface area contributed by atoms with Crippen molar-refractivity contribution in [3.05, 3.63) is 29.8 Å². The van der Waals surface area contributed by atoms with Gasteiger partial charge in [-0.25, -0.2) is 13.2 Å². The number of carbonyl (C=O) groups is 4. The molecule has 0 unspecified atom stereocenters. The van der Waals surface area contributed by atoms with Gasteiger partial charge >= 0.3 is 6.03 Å². The molecule has 0 radical (unpaired) electrons. The van der Waals surface area contributed by atoms with Crippen LogP contribution in [0.2, 0.25) is 0 Å². The van der Waals surface area contributed by atoms with Crippen LogP contribution in [0.25, 0.3) is 0 Å². The minimum atomic E-state index is -3.76. The molecule has 4 rings (SSSR count). The number of nitrogens with one attached hydrogen (secondary N) is 1. The highest BCUT2D eigenvalue weighted by Crippen LogP contribution is 2.42. The number of amides is 4. The smallest absolute Gasteiger partial charge is 0.325 e. The minimum absolute atomic E-state index is 0.0842. The summed E-state index contributed by atoms with van der Waals surface area (Å²) in [7, 11) is -3.76. The topological polar surface area (TPSA) is 124 Å². The number of sulfonamides is 1. The van der Waals surface area contributed by atoms with Crippen molar-refractivity contribution >= 4 is 33.7 Å². The van der Waals surface area contributed by atoms with Crippen LogP contribution >= 0.6 is 0 Å². The quantitative estimate of drug-likeness (QED) is 0.483. The summed E-state index contributed by atoms with van der Waals surface area (Å²) >= 11 is 0. The van der Waals surface area contributed by atoms with Gasteiger partial charge < -0.3 is 10.2 Å². The van der Waals surface area contributed by atoms with E-state index in [9.17, 15) is 27.6 Å². The number of hydrogen-bond donors (Lipinski definition) is 1. The van der Waals surface area contributed by atoms with Crippen molar-refractivity contribution in [1.29, 1.82) is 0 Å². The fourth-order valence-electron chi connectivity index (χ4n) is 4.22. The minimum Gasteiger partial charge on any atom is -0.338 e. The van der Waals surface area contributed by atoms with Gasteiger partial charge in [0.2, 0.25) is 15.9 Å². The Labute approximate surface area is 186 Å². The summed E-state index contributed by atoms with van der Waals surface area (Å²) in [5, 5.41) is 2.71. The molecule has 1 saturated carbocycles. The van der Waals surface area contributed by atoms with Crippen LogP contribution in [-0.4, -0.2) is 84.4 Å². The molecule has 1 aromatic carbocycles. The molecule has 4 amide bonds. The summed E-state index contributed by atoms with van der Waals surface area (Å²) in [6.45, 7) is 3.27. The molecule has 1 aromatic rings. The Morgan fingerprint density at radius 1 is 1.06 bits per heavy atom. The summed E-state index contributed by atoms with van der Waals surface area (Å²) in [6.07, 6.45) is 1.75. The summed E-state index contributed by atoms with van der Waals surface area (Å²) in [5.41, 5.74) is -0.514. The van der Waals surface area contributed by atoms with Crippen LogP contribution in [0, 0.1) is 5.92 Å². The molecule has 2 saturated heterocycles. The number of benzene rings is 1. The third kappa shape index (κ3) is 3.90. The first-order valence-electron chi connectivity index (χ1n) is 10.6. The van der Waals surface area contributed by atoms with Gasteiger partial charge in [-0.05, 0) is 44.7 Å². The van der Waals surface area contributed by atoms with Gasteiger partial charge in [0.25, 0.3) is 5.91 Å². The fourth-order valence-corrected chi connectivity index (χ4v) is 5.64. The Balaban J connectivity index is 1.36. The standard InChI is InChI=1S/C21H26N4O6S/c1-14(26)15-3-7-17(8-4-15)32(30,31)24-11-9-23(10-12-24)18(27)13-25-19(28)21(2,16-5-6-16)22-20(25)29/h3-4,7-8,16H,5-6,9-13H2,1-2H3,(H,22,29)/t21-/m1/s1. The van der Waals surface area contributed by atoms with Crippen LogP contribution in [0.1, 0.15) is 37.0 Å². The lowest BCUT2D eigenvalue weighted by Crippen LogP contribution is -2.53. The van der Waals surface area contributed by atoms with Gasteiger partial charge in [0.1, 0.15) is 12.1 Å². The molecule has 1 aliphatic carbocycles. The predicted octanol–water partition coefficient (Wildman–Crippen LogP) is 0.443. The van der Waals surface area contributed by atoms with Gasteiger partial charge in [-0.2, -0.15) is 4.31 Å². The zero-order chi connectivity index (χ0) is 23.3. The van der Waals surface area contributed by atoms with Gasteiger partial charge in [-0.3, -0.25) is 19.3 Å². The van der Waals surface area contributed by atoms with E-state index in [0.717, 1.165) is 17.7 Å². The molecule has 1 atom stereocenters. The lowest BCUT2D eigenvalue weighted by molar-refractivity contribution is -0.139. The van der Waals surface area contributed by atoms with Crippen molar-refractivity contribution in [2.45, 2.75) is 37.1 Å². The third-order valence-corrected chi connectivity index (χ3v) is 8.39. The Bertz CT molecular complexity index is 1070. The SMILES string of the molecule is CC(=O)c1ccc(S(=O)(=O)N2CCN(C(=O)CN3C(=O)N[C@](C)(C4CC4)C3=O)CC2)cc1. The molecule has 0 aromatic heterocycles. The molecule has 2 heterocycles. The second-order valence-corrected chi connectivity index (χ2v) is 10.6. The van der Waals surface area contributed by atoms with Crippen molar-refractivity contribution in [3.63, 3.8) is 0 Å². The highest BCUT2D eigenvalue weighted by molar-refractivity contribution is 7.89. The van der Waals surface area contributed by atoms with Crippen molar-refractivity contribution in [3.8, 4) is 0 Å². The van der Waals surface area contributed by atoms with Crippen LogP contribution < -0.4 is 5.32 Å². The van der Waals surface area contributed by atoms with E-state index in [-0.39, 0.29) is 55.2 Å². The number of imide groups is 1. The van der Waals surface area contributed by atoms with Gasteiger partial charge in [0, 0.05) is 31.7 Å². The Morgan fingerprint density at radius 2 is 1.66 bits per heavy atom. The average molecular weight is 463 g/mol. The molecule has 172 valence electrons. The van der Waals surface area contributed by atoms with Crippen LogP contribution in [0.3, 0.4) is 0 Å². The molecule has 1 N–H and O–H groups in total. The summed E-state index contributed by atoms with van der Waals surface area (Å²) in [6, 6.07) is 5.19. The molecule has 11 heteroatoms. The number of ketones is 1. The normalized spacial score (nSPS) is 24.6. The van der Waals surface area contributed by atoms with Crippen LogP contribution in [0.4, 0.5) is 4.79 Å². The van der Waals surface area contributed by atoms with Gasteiger partial charge in [-0.1, -0.05) is 12.1 Å². The first kappa shape index (κ1) is 22.4. The highest BCUT2D eigenvalue weighted by atomic mass is 32.2. The maximum Gasteiger partial charge on any atom is 0.325 e. The molecule has 3 fully saturated rings. The van der Waals surface area contributed by atoms with Crippen LogP contribution in [0.5, 0.6) is 0 Å². The molecular formula is C21H26N4O6S. The van der Waals surface area contributed by atoms with E-state index < -0.39 is 27.5 Å². The zero-order valence-electron chi connectivity index (χ0n) is 18.0. The maximum atomic E-state index is 12.9. The summed E-state index contributed by atoms with van der Waals surface area (Å²) in [4.78, 5) is 51.6. The number of hydrogen-bond acceptors (Lipinski definition) is 6. The Hall–Kier alpha value is -2.79. The van der Waals surface area contributed by atoms with Crippen molar-refractivity contribution in [2.75, 3.05) is 32.7 Å². The number of carbonyl (C=O) groups excluding carboxylic acids is 4. The lowest BCUT2D eigenvalue weighted by Gasteiger charge is -2.34. The molecule has 0 bridgehead atoms. The highest BCUT2D eigenvalue weighted by Gasteiger charge is 2.56. The fraction of sp³-hybridized carbons (Fsp3) is 0.524. The van der Waals surface area contributed by atoms with E-state index in [1.54, 1.807) is 6.92 Å². The molecule has 32 heavy (non-hydrogen) atoms. The van der Waals surface area contributed by atoms with Crippen LogP contribution in [-0.2, 0) is 19.6 Å². The predicted molar refractivity (Wildman–Crippen MR) is 113 cm³/mol. The number of urea groups is 1. The van der Waals surface area contributed by atoms with Crippen LogP contribution in [0.15, 0.2) is 29.2 Å². The van der Waals surface area contributed by atoms with Gasteiger partial charge in [0.05, 0.1) is 4.90 Å². The second kappa shape index (κ2) is 7.96. The monoisotopic (exact) mass is 462 g/mol. The van der Waals surface area contributed by atoms with Gasteiger partial charge in [0.15, 0.2) is 5.78 Å². The third-order valence-electron chi connectivity index (χ3n) is 6.48. The van der Waals surface area contributed by atoms with Gasteiger partial charge in [-0.15, -0.1) is 0 Å². The second-order valence-electron chi connectivity index (χ2n) is 8.66. The number of nitrogens with zero attached hydrogens (tertiary/aromatic N) is 3. The lowest BCUT2D eigenvalue weighted by atomic mass is 9.96.